The number of fused-ring (bicyclic) bond motifs is 1. The average molecular weight is 1140 g/mol. The van der Waals surface area contributed by atoms with Crippen LogP contribution in [-0.4, -0.2) is 150 Å². The normalized spacial score (nSPS) is 15.2. The minimum absolute atomic E-state index is 0.00311. The Hall–Kier alpha value is -7.35. The number of nitrogens with zero attached hydrogens (tertiary/aromatic N) is 7. The summed E-state index contributed by atoms with van der Waals surface area (Å²) in [4.78, 5) is 97.1. The Balaban J connectivity index is 1.14. The summed E-state index contributed by atoms with van der Waals surface area (Å²) >= 11 is 0. The zero-order valence-corrected chi connectivity index (χ0v) is 47.7. The highest BCUT2D eigenvalue weighted by atomic mass is 16.6. The van der Waals surface area contributed by atoms with E-state index in [1.165, 1.54) is 6.92 Å². The Kier molecular flexibility index (Phi) is 29.5. The fourth-order valence-corrected chi connectivity index (χ4v) is 8.77. The molecule has 1 aliphatic rings. The van der Waals surface area contributed by atoms with E-state index in [-0.39, 0.29) is 69.8 Å². The molecule has 2 heterocycles. The van der Waals surface area contributed by atoms with Crippen molar-refractivity contribution in [1.82, 2.24) is 46.3 Å². The van der Waals surface area contributed by atoms with Crippen molar-refractivity contribution < 1.29 is 62.4 Å². The lowest BCUT2D eigenvalue weighted by Gasteiger charge is -2.29. The van der Waals surface area contributed by atoms with Gasteiger partial charge in [-0.25, -0.2) is 9.78 Å². The summed E-state index contributed by atoms with van der Waals surface area (Å²) in [6, 6.07) is 3.14. The molecule has 81 heavy (non-hydrogen) atoms. The monoisotopic (exact) mass is 1140 g/mol. The van der Waals surface area contributed by atoms with Gasteiger partial charge in [-0.05, 0) is 107 Å². The molecule has 2 aromatic heterocycles. The third-order valence-electron chi connectivity index (χ3n) is 13.2. The molecule has 3 aromatic rings. The Morgan fingerprint density at radius 2 is 1.47 bits per heavy atom. The number of nitrogens with two attached hydrogens (primary N) is 1. The number of aliphatic carboxylic acids is 1. The number of nitrogens with one attached hydrogen (secondary N) is 6. The van der Waals surface area contributed by atoms with Crippen LogP contribution in [0.15, 0.2) is 29.4 Å². The number of imidazole rings is 1. The number of hydrogen-bond donors (Lipinski definition) is 8. The van der Waals surface area contributed by atoms with E-state index in [9.17, 15) is 38.7 Å². The molecule has 27 heteroatoms. The predicted molar refractivity (Wildman–Crippen MR) is 299 cm³/mol. The lowest BCUT2D eigenvalue weighted by Crippen LogP contribution is -2.57. The number of benzene rings is 1. The second-order valence-corrected chi connectivity index (χ2v) is 20.5. The minimum Gasteiger partial charge on any atom is -0.481 e. The molecule has 1 saturated carbocycles. The van der Waals surface area contributed by atoms with E-state index in [1.807, 2.05) is 13.8 Å². The van der Waals surface area contributed by atoms with Crippen molar-refractivity contribution in [3.63, 3.8) is 0 Å². The van der Waals surface area contributed by atoms with Gasteiger partial charge < -0.3 is 71.0 Å². The van der Waals surface area contributed by atoms with Crippen molar-refractivity contribution in [3.8, 4) is 5.88 Å². The number of azide groups is 1. The third-order valence-corrected chi connectivity index (χ3v) is 13.2. The first-order chi connectivity index (χ1) is 38.9. The Labute approximate surface area is 472 Å². The van der Waals surface area contributed by atoms with Crippen LogP contribution in [0.2, 0.25) is 0 Å². The van der Waals surface area contributed by atoms with Gasteiger partial charge in [0.15, 0.2) is 5.82 Å². The molecule has 6 amide bonds. The highest BCUT2D eigenvalue weighted by Crippen LogP contribution is 2.34. The summed E-state index contributed by atoms with van der Waals surface area (Å²) in [5.41, 5.74) is 17.0. The molecule has 4 rings (SSSR count). The molecule has 27 nitrogen and oxygen atoms in total. The van der Waals surface area contributed by atoms with E-state index in [4.69, 9.17) is 39.9 Å². The van der Waals surface area contributed by atoms with E-state index in [0.717, 1.165) is 62.8 Å². The molecule has 0 spiro atoms. The van der Waals surface area contributed by atoms with Crippen molar-refractivity contribution in [2.45, 2.75) is 156 Å². The molecule has 1 aromatic carbocycles. The summed E-state index contributed by atoms with van der Waals surface area (Å²) in [6.45, 7) is 14.4. The number of carboxylic acids is 1. The van der Waals surface area contributed by atoms with Crippen LogP contribution in [0.5, 0.6) is 5.88 Å². The molecular formula is C54H84N14O13. The SMILES string of the molecule is CCCCc1nc2c(N)nnc(OC(C)C)c2n1C[C@H]1CC[C@H](CNC(=O)OCc2ccc(NC(=O)[C@H](C)NC(=O)[C@@H](NC(=O)[C@H](CCC(=O)O)NC(=O)CCCC(=O)NCCOCCOCCOCCN=[N+]=[N-])C(C)C)cc2)CC1. The quantitative estimate of drug-likeness (QED) is 0.0164. The highest BCUT2D eigenvalue weighted by molar-refractivity contribution is 5.99. The summed E-state index contributed by atoms with van der Waals surface area (Å²) in [5, 5.41) is 37.2. The fourth-order valence-electron chi connectivity index (χ4n) is 8.77. The van der Waals surface area contributed by atoms with Crippen molar-refractivity contribution in [2.24, 2.45) is 22.9 Å². The topological polar surface area (TPSA) is 376 Å². The van der Waals surface area contributed by atoms with E-state index < -0.39 is 66.2 Å². The number of aromatic nitrogens is 4. The van der Waals surface area contributed by atoms with Crippen LogP contribution in [0.25, 0.3) is 21.5 Å². The molecule has 0 saturated heterocycles. The molecule has 9 N–H and O–H groups in total. The zero-order chi connectivity index (χ0) is 59.1. The molecule has 0 bridgehead atoms. The molecule has 0 unspecified atom stereocenters. The van der Waals surface area contributed by atoms with Gasteiger partial charge in [0.1, 0.15) is 41.6 Å². The van der Waals surface area contributed by atoms with Crippen molar-refractivity contribution in [3.05, 3.63) is 46.1 Å². The van der Waals surface area contributed by atoms with Crippen LogP contribution in [0, 0.1) is 17.8 Å². The van der Waals surface area contributed by atoms with Gasteiger partial charge in [0.25, 0.3) is 5.88 Å². The number of nitrogen functional groups attached to an aromatic ring is 1. The van der Waals surface area contributed by atoms with Crippen molar-refractivity contribution >= 4 is 64.1 Å². The summed E-state index contributed by atoms with van der Waals surface area (Å²) < 4.78 is 29.8. The van der Waals surface area contributed by atoms with Crippen LogP contribution in [0.1, 0.15) is 124 Å². The molecule has 448 valence electrons. The van der Waals surface area contributed by atoms with E-state index >= 15 is 0 Å². The number of aryl methyl sites for hydroxylation is 1. The van der Waals surface area contributed by atoms with Gasteiger partial charge in [0, 0.05) is 62.5 Å². The number of ether oxygens (including phenoxy) is 5. The summed E-state index contributed by atoms with van der Waals surface area (Å²) in [7, 11) is 0. The average Bonchev–Trinajstić information content (AvgIpc) is 4.08. The second-order valence-electron chi connectivity index (χ2n) is 20.5. The maximum atomic E-state index is 13.5. The van der Waals surface area contributed by atoms with Crippen LogP contribution in [-0.2, 0) is 67.3 Å². The number of carbonyl (C=O) groups excluding carboxylic acids is 6. The Morgan fingerprint density at radius 3 is 2.12 bits per heavy atom. The third kappa shape index (κ3) is 24.5. The number of carbonyl (C=O) groups is 7. The van der Waals surface area contributed by atoms with Gasteiger partial charge in [-0.2, -0.15) is 0 Å². The number of carboxylic acid groups (broad SMARTS) is 1. The molecule has 1 fully saturated rings. The fraction of sp³-hybridized carbons (Fsp3) is 0.667. The van der Waals surface area contributed by atoms with Gasteiger partial charge in [-0.1, -0.05) is 44.4 Å². The number of alkyl carbamates (subject to hydrolysis) is 1. The van der Waals surface area contributed by atoms with Crippen molar-refractivity contribution in [2.75, 3.05) is 70.3 Å². The first kappa shape index (κ1) is 66.2. The van der Waals surface area contributed by atoms with E-state index in [2.05, 4.69) is 63.6 Å². The van der Waals surface area contributed by atoms with Gasteiger partial charge in [-0.15, -0.1) is 10.2 Å². The van der Waals surface area contributed by atoms with Gasteiger partial charge >= 0.3 is 12.1 Å². The number of rotatable bonds is 38. The number of hydrogen-bond acceptors (Lipinski definition) is 17. The number of anilines is 2. The van der Waals surface area contributed by atoms with Crippen molar-refractivity contribution in [1.29, 1.82) is 0 Å². The van der Waals surface area contributed by atoms with Crippen LogP contribution in [0.4, 0.5) is 16.3 Å². The minimum atomic E-state index is -1.31. The van der Waals surface area contributed by atoms with Crippen LogP contribution in [0.3, 0.4) is 0 Å². The predicted octanol–water partition coefficient (Wildman–Crippen LogP) is 4.85. The van der Waals surface area contributed by atoms with Gasteiger partial charge in [-0.3, -0.25) is 28.8 Å². The standard InChI is InChI=1S/C54H84N14O13/c1-7-8-10-42-63-47-48(53(81-35(4)5)66-65-49(47)55)68(42)32-38-15-13-37(14-16-38)31-58-54(76)80-33-39-17-19-40(20-18-39)61-50(73)36(6)60-52(75)46(34(2)3)64-51(74)41(21-22-45(71)72)62-44(70)12-9-11-43(69)57-23-25-77-27-29-79-30-28-78-26-24-59-67-56/h17-20,34-38,41,46H,7-16,21-33H2,1-6H3,(H2,55,65)(H,57,69)(H,58,76)(H,60,75)(H,61,73)(H,62,70)(H,64,74)(H,71,72)/t36-,37-,38-,41-,46-/m0/s1. The van der Waals surface area contributed by atoms with Crippen LogP contribution < -0.4 is 42.4 Å². The smallest absolute Gasteiger partial charge is 0.407 e. The molecule has 1 aliphatic carbocycles. The number of amides is 6. The van der Waals surface area contributed by atoms with E-state index in [1.54, 1.807) is 38.1 Å². The molecule has 3 atom stereocenters. The maximum absolute atomic E-state index is 13.5. The Bertz CT molecular complexity index is 2530. The lowest BCUT2D eigenvalue weighted by atomic mass is 9.82. The maximum Gasteiger partial charge on any atom is 0.407 e. The van der Waals surface area contributed by atoms with Gasteiger partial charge in [0.05, 0.1) is 45.7 Å². The van der Waals surface area contributed by atoms with Crippen LogP contribution >= 0.6 is 0 Å². The van der Waals surface area contributed by atoms with E-state index in [0.29, 0.717) is 74.1 Å². The molecular weight excluding hydrogens is 1050 g/mol. The van der Waals surface area contributed by atoms with Gasteiger partial charge in [0.2, 0.25) is 29.5 Å². The first-order valence-corrected chi connectivity index (χ1v) is 28.0. The zero-order valence-electron chi connectivity index (χ0n) is 47.7. The highest BCUT2D eigenvalue weighted by Gasteiger charge is 2.31. The lowest BCUT2D eigenvalue weighted by molar-refractivity contribution is -0.138. The summed E-state index contributed by atoms with van der Waals surface area (Å²) in [6.07, 6.45) is 5.32. The molecule has 0 aliphatic heterocycles. The second kappa shape index (κ2) is 36.1. The first-order valence-electron chi connectivity index (χ1n) is 28.0. The number of unbranched alkanes of at least 4 members (excludes halogenated alkanes) is 1. The largest absolute Gasteiger partial charge is 0.481 e. The Morgan fingerprint density at radius 1 is 0.802 bits per heavy atom. The molecule has 0 radical (unpaired) electrons. The summed E-state index contributed by atoms with van der Waals surface area (Å²) in [5.74, 6) is -2.25.